The number of nitrogens with zero attached hydrogens (tertiary/aromatic N) is 4. The average molecular weight is 532 g/mol. The molecule has 1 amide bonds. The Morgan fingerprint density at radius 2 is 2.18 bits per heavy atom. The van der Waals surface area contributed by atoms with E-state index in [0.717, 1.165) is 47.7 Å². The molecule has 4 heterocycles. The Hall–Kier alpha value is -3.91. The largest absolute Gasteiger partial charge is 0.491 e. The molecule has 5 rings (SSSR count). The summed E-state index contributed by atoms with van der Waals surface area (Å²) in [7, 11) is 0. The molecule has 1 aliphatic heterocycles. The summed E-state index contributed by atoms with van der Waals surface area (Å²) in [5, 5.41) is 19.3. The zero-order valence-corrected chi connectivity index (χ0v) is 21.9. The maximum absolute atomic E-state index is 12.3. The number of aliphatic hydroxyl groups excluding tert-OH is 1. The molecule has 0 bridgehead atoms. The molecular formula is C28H29N5O4S. The number of pyridine rings is 1. The lowest BCUT2D eigenvalue weighted by Crippen LogP contribution is -2.40. The topological polar surface area (TPSA) is 126 Å². The minimum atomic E-state index is -0.585. The predicted molar refractivity (Wildman–Crippen MR) is 144 cm³/mol. The van der Waals surface area contributed by atoms with Crippen LogP contribution in [0.25, 0.3) is 16.2 Å². The number of aromatic nitrogens is 2. The number of carbonyl (C=O) groups is 1. The summed E-state index contributed by atoms with van der Waals surface area (Å²) in [5.74, 6) is 0.473. The lowest BCUT2D eigenvalue weighted by molar-refractivity contribution is 0.0632. The van der Waals surface area contributed by atoms with E-state index in [-0.39, 0.29) is 6.10 Å². The van der Waals surface area contributed by atoms with Crippen molar-refractivity contribution < 1.29 is 19.4 Å². The second-order valence-corrected chi connectivity index (χ2v) is 10.4. The van der Waals surface area contributed by atoms with E-state index >= 15 is 0 Å². The molecule has 4 aromatic rings. The molecule has 38 heavy (non-hydrogen) atoms. The number of nitriles is 1. The van der Waals surface area contributed by atoms with Gasteiger partial charge in [-0.15, -0.1) is 11.3 Å². The number of piperidine rings is 1. The molecule has 2 unspecified atom stereocenters. The molecule has 9 nitrogen and oxygen atoms in total. The molecule has 0 saturated carbocycles. The zero-order valence-electron chi connectivity index (χ0n) is 21.0. The highest BCUT2D eigenvalue weighted by atomic mass is 32.1. The van der Waals surface area contributed by atoms with Crippen LogP contribution in [0.5, 0.6) is 11.5 Å². The average Bonchev–Trinajstić information content (AvgIpc) is 3.52. The molecule has 0 radical (unpaired) electrons. The van der Waals surface area contributed by atoms with E-state index in [2.05, 4.69) is 16.0 Å². The first-order valence-electron chi connectivity index (χ1n) is 12.5. The van der Waals surface area contributed by atoms with Crippen LogP contribution >= 0.6 is 11.3 Å². The third kappa shape index (κ3) is 5.50. The number of hydrogen-bond acceptors (Lipinski definition) is 8. The van der Waals surface area contributed by atoms with Crippen LogP contribution in [0, 0.1) is 11.3 Å². The van der Waals surface area contributed by atoms with Crippen LogP contribution < -0.4 is 15.2 Å². The van der Waals surface area contributed by atoms with Crippen LogP contribution in [0.3, 0.4) is 0 Å². The van der Waals surface area contributed by atoms with Crippen LogP contribution in [0.1, 0.15) is 46.7 Å². The number of benzene rings is 1. The Morgan fingerprint density at radius 3 is 2.97 bits per heavy atom. The molecule has 0 spiro atoms. The standard InChI is InChI=1S/C28H29N5O4S/c1-18(22-7-3-2-5-19(22)14-29)37-24-13-25(38-27(24)28(30)35)23-15-31-26-9-8-21(17-33(23)26)36-12-11-32-10-4-6-20(34)16-32/h2-3,5,7-9,13,15,17-18,20,34H,4,6,10-12,16H2,1H3,(H2,30,35). The maximum Gasteiger partial charge on any atom is 0.262 e. The molecule has 1 saturated heterocycles. The van der Waals surface area contributed by atoms with Crippen LogP contribution in [0.2, 0.25) is 0 Å². The van der Waals surface area contributed by atoms with Gasteiger partial charge in [-0.1, -0.05) is 18.2 Å². The normalized spacial score (nSPS) is 16.7. The van der Waals surface area contributed by atoms with Gasteiger partial charge in [-0.25, -0.2) is 4.98 Å². The summed E-state index contributed by atoms with van der Waals surface area (Å²) in [6.45, 7) is 4.73. The van der Waals surface area contributed by atoms with E-state index in [9.17, 15) is 15.2 Å². The van der Waals surface area contributed by atoms with Gasteiger partial charge in [0.15, 0.2) is 0 Å². The minimum absolute atomic E-state index is 0.261. The van der Waals surface area contributed by atoms with E-state index in [1.165, 1.54) is 11.3 Å². The zero-order chi connectivity index (χ0) is 26.6. The van der Waals surface area contributed by atoms with Gasteiger partial charge in [-0.05, 0) is 44.5 Å². The second-order valence-electron chi connectivity index (χ2n) is 9.31. The molecule has 1 aliphatic rings. The highest BCUT2D eigenvalue weighted by Gasteiger charge is 2.22. The summed E-state index contributed by atoms with van der Waals surface area (Å²) in [4.78, 5) is 20.0. The first-order chi connectivity index (χ1) is 18.4. The van der Waals surface area contributed by atoms with Crippen molar-refractivity contribution in [3.8, 4) is 28.1 Å². The third-order valence-corrected chi connectivity index (χ3v) is 7.79. The van der Waals surface area contributed by atoms with Gasteiger partial charge in [0, 0.05) is 24.7 Å². The lowest BCUT2D eigenvalue weighted by atomic mass is 10.0. The summed E-state index contributed by atoms with van der Waals surface area (Å²) >= 11 is 1.23. The minimum Gasteiger partial charge on any atom is -0.491 e. The van der Waals surface area contributed by atoms with E-state index in [1.807, 2.05) is 41.8 Å². The monoisotopic (exact) mass is 531 g/mol. The Morgan fingerprint density at radius 1 is 1.34 bits per heavy atom. The number of nitrogens with two attached hydrogens (primary N) is 1. The van der Waals surface area contributed by atoms with E-state index in [0.29, 0.717) is 35.1 Å². The highest BCUT2D eigenvalue weighted by molar-refractivity contribution is 7.17. The summed E-state index contributed by atoms with van der Waals surface area (Å²) in [6.07, 6.45) is 4.74. The van der Waals surface area contributed by atoms with Gasteiger partial charge in [-0.2, -0.15) is 5.26 Å². The van der Waals surface area contributed by atoms with Crippen LogP contribution in [-0.2, 0) is 0 Å². The number of carbonyl (C=O) groups excluding carboxylic acids is 1. The Balaban J connectivity index is 1.36. The van der Waals surface area contributed by atoms with Gasteiger partial charge >= 0.3 is 0 Å². The molecule has 1 aromatic carbocycles. The number of fused-ring (bicyclic) bond motifs is 1. The van der Waals surface area contributed by atoms with Gasteiger partial charge in [0.25, 0.3) is 5.91 Å². The highest BCUT2D eigenvalue weighted by Crippen LogP contribution is 2.39. The number of amides is 1. The maximum atomic E-state index is 12.3. The SMILES string of the molecule is CC(Oc1cc(-c2cnc3ccc(OCCN4CCCC(O)C4)cn23)sc1C(N)=O)c1ccccc1C#N. The number of likely N-dealkylation sites (tertiary alicyclic amines) is 1. The molecule has 196 valence electrons. The fraction of sp³-hybridized carbons (Fsp3) is 0.321. The molecule has 1 fully saturated rings. The fourth-order valence-corrected chi connectivity index (χ4v) is 5.67. The molecule has 3 aromatic heterocycles. The van der Waals surface area contributed by atoms with E-state index in [1.54, 1.807) is 24.4 Å². The Labute approximate surface area is 224 Å². The van der Waals surface area contributed by atoms with Gasteiger partial charge in [-0.3, -0.25) is 14.1 Å². The number of thiophene rings is 1. The van der Waals surface area contributed by atoms with Crippen molar-refractivity contribution in [3.63, 3.8) is 0 Å². The van der Waals surface area contributed by atoms with Crippen molar-refractivity contribution in [2.45, 2.75) is 32.0 Å². The number of aliphatic hydroxyl groups is 1. The number of rotatable bonds is 9. The van der Waals surface area contributed by atoms with Gasteiger partial charge in [0.1, 0.15) is 34.7 Å². The van der Waals surface area contributed by atoms with Crippen molar-refractivity contribution in [3.05, 3.63) is 70.9 Å². The van der Waals surface area contributed by atoms with Gasteiger partial charge in [0.05, 0.1) is 40.7 Å². The smallest absolute Gasteiger partial charge is 0.262 e. The fourth-order valence-electron chi connectivity index (χ4n) is 4.72. The number of imidazole rings is 1. The predicted octanol–water partition coefficient (Wildman–Crippen LogP) is 4.01. The molecule has 3 N–H and O–H groups in total. The van der Waals surface area contributed by atoms with Crippen LogP contribution in [0.15, 0.2) is 54.9 Å². The van der Waals surface area contributed by atoms with Crippen molar-refractivity contribution >= 4 is 22.9 Å². The number of primary amides is 1. The third-order valence-electron chi connectivity index (χ3n) is 6.63. The molecule has 10 heteroatoms. The Bertz CT molecular complexity index is 1490. The van der Waals surface area contributed by atoms with Crippen LogP contribution in [0.4, 0.5) is 0 Å². The quantitative estimate of drug-likeness (QED) is 0.334. The van der Waals surface area contributed by atoms with Crippen molar-refractivity contribution in [2.24, 2.45) is 5.73 Å². The summed E-state index contributed by atoms with van der Waals surface area (Å²) in [6, 6.07) is 14.9. The van der Waals surface area contributed by atoms with Gasteiger partial charge < -0.3 is 20.3 Å². The summed E-state index contributed by atoms with van der Waals surface area (Å²) < 4.78 is 14.1. The Kier molecular flexibility index (Phi) is 7.60. The van der Waals surface area contributed by atoms with Crippen molar-refractivity contribution in [1.82, 2.24) is 14.3 Å². The van der Waals surface area contributed by atoms with E-state index < -0.39 is 12.0 Å². The lowest BCUT2D eigenvalue weighted by Gasteiger charge is -2.29. The summed E-state index contributed by atoms with van der Waals surface area (Å²) in [5.41, 5.74) is 8.45. The van der Waals surface area contributed by atoms with Gasteiger partial charge in [0.2, 0.25) is 0 Å². The number of ether oxygens (including phenoxy) is 2. The van der Waals surface area contributed by atoms with Crippen molar-refractivity contribution in [1.29, 1.82) is 5.26 Å². The van der Waals surface area contributed by atoms with Crippen molar-refractivity contribution in [2.75, 3.05) is 26.2 Å². The number of β-amino-alcohol motifs (C(OH)–C–C–N with tert-alkyl or cyclic N) is 1. The van der Waals surface area contributed by atoms with Crippen LogP contribution in [-0.4, -0.2) is 57.6 Å². The molecule has 0 aliphatic carbocycles. The van der Waals surface area contributed by atoms with E-state index in [4.69, 9.17) is 15.2 Å². The molecular weight excluding hydrogens is 502 g/mol. The first-order valence-corrected chi connectivity index (χ1v) is 13.3. The molecule has 2 atom stereocenters. The first kappa shape index (κ1) is 25.7. The second kappa shape index (κ2) is 11.2. The number of hydrogen-bond donors (Lipinski definition) is 2.